The van der Waals surface area contributed by atoms with Gasteiger partial charge >= 0.3 is 0 Å². The minimum atomic E-state index is -2.77. The van der Waals surface area contributed by atoms with Crippen molar-refractivity contribution in [3.05, 3.63) is 195 Å². The molecule has 0 bridgehead atoms. The summed E-state index contributed by atoms with van der Waals surface area (Å²) < 4.78 is 4.72. The number of pyridine rings is 2. The molecular weight excluding hydrogens is 637 g/mol. The molecule has 5 heteroatoms. The van der Waals surface area contributed by atoms with E-state index in [-0.39, 0.29) is 0 Å². The Bertz CT molecular complexity index is 2530. The standard InChI is InChI=1S/C46H32N4Si/c1-3-11-35(12-4-1)51(36-13-5-2-6-14-36,37-23-19-33(20-24-37)49-43-17-9-7-15-39(43)41-31-47-29-27-45(41)49)38-25-21-34(22-26-38)50-44-18-10-8-16-40(44)42-32-48-30-28-46(42)50/h1-32H. The molecule has 0 saturated carbocycles. The molecule has 10 aromatic rings. The summed E-state index contributed by atoms with van der Waals surface area (Å²) in [6.45, 7) is 0. The van der Waals surface area contributed by atoms with Crippen molar-refractivity contribution in [1.29, 1.82) is 0 Å². The molecule has 0 aliphatic rings. The van der Waals surface area contributed by atoms with Crippen LogP contribution in [0.1, 0.15) is 0 Å². The molecule has 6 aromatic carbocycles. The number of para-hydroxylation sites is 2. The average Bonchev–Trinajstić information content (AvgIpc) is 3.73. The monoisotopic (exact) mass is 668 g/mol. The van der Waals surface area contributed by atoms with Crippen molar-refractivity contribution in [2.75, 3.05) is 0 Å². The van der Waals surface area contributed by atoms with Crippen LogP contribution in [0.5, 0.6) is 0 Å². The fourth-order valence-corrected chi connectivity index (χ4v) is 13.0. The zero-order valence-electron chi connectivity index (χ0n) is 27.8. The molecule has 4 aromatic heterocycles. The Morgan fingerprint density at radius 2 is 0.667 bits per heavy atom. The van der Waals surface area contributed by atoms with Crippen LogP contribution in [0.3, 0.4) is 0 Å². The second-order valence-electron chi connectivity index (χ2n) is 13.1. The summed E-state index contributed by atoms with van der Waals surface area (Å²) in [5.41, 5.74) is 6.95. The topological polar surface area (TPSA) is 35.6 Å². The Balaban J connectivity index is 1.19. The van der Waals surface area contributed by atoms with Gasteiger partial charge in [-0.15, -0.1) is 0 Å². The Labute approximate surface area is 296 Å². The molecule has 51 heavy (non-hydrogen) atoms. The van der Waals surface area contributed by atoms with Crippen molar-refractivity contribution < 1.29 is 0 Å². The molecule has 0 atom stereocenters. The average molecular weight is 669 g/mol. The smallest absolute Gasteiger partial charge is 0.179 e. The van der Waals surface area contributed by atoms with Crippen LogP contribution < -0.4 is 20.7 Å². The van der Waals surface area contributed by atoms with E-state index in [0.29, 0.717) is 0 Å². The third kappa shape index (κ3) is 4.45. The first-order chi connectivity index (χ1) is 25.3. The molecule has 0 amide bonds. The highest BCUT2D eigenvalue weighted by Crippen LogP contribution is 2.32. The lowest BCUT2D eigenvalue weighted by Gasteiger charge is -2.34. The van der Waals surface area contributed by atoms with Crippen molar-refractivity contribution in [1.82, 2.24) is 19.1 Å². The van der Waals surface area contributed by atoms with Gasteiger partial charge in [0.1, 0.15) is 0 Å². The summed E-state index contributed by atoms with van der Waals surface area (Å²) >= 11 is 0. The van der Waals surface area contributed by atoms with Crippen molar-refractivity contribution in [3.8, 4) is 11.4 Å². The number of rotatable bonds is 6. The van der Waals surface area contributed by atoms with E-state index in [1.807, 2.05) is 24.8 Å². The van der Waals surface area contributed by atoms with Crippen LogP contribution >= 0.6 is 0 Å². The van der Waals surface area contributed by atoms with E-state index < -0.39 is 8.07 Å². The Morgan fingerprint density at radius 3 is 1.10 bits per heavy atom. The maximum absolute atomic E-state index is 4.46. The first-order valence-corrected chi connectivity index (χ1v) is 19.3. The number of aromatic nitrogens is 4. The molecule has 0 unspecified atom stereocenters. The summed E-state index contributed by atoms with van der Waals surface area (Å²) in [5.74, 6) is 0. The van der Waals surface area contributed by atoms with E-state index >= 15 is 0 Å². The number of nitrogens with zero attached hydrogens (tertiary/aromatic N) is 4. The van der Waals surface area contributed by atoms with Gasteiger partial charge in [0.15, 0.2) is 8.07 Å². The van der Waals surface area contributed by atoms with E-state index in [4.69, 9.17) is 0 Å². The minimum Gasteiger partial charge on any atom is -0.309 e. The quantitative estimate of drug-likeness (QED) is 0.133. The van der Waals surface area contributed by atoms with Gasteiger partial charge in [-0.2, -0.15) is 0 Å². The van der Waals surface area contributed by atoms with Gasteiger partial charge in [0.05, 0.1) is 22.1 Å². The van der Waals surface area contributed by atoms with E-state index in [1.54, 1.807) is 0 Å². The van der Waals surface area contributed by atoms with Gasteiger partial charge in [-0.25, -0.2) is 0 Å². The Hall–Kier alpha value is -6.56. The van der Waals surface area contributed by atoms with Crippen LogP contribution in [0.2, 0.25) is 0 Å². The molecule has 0 fully saturated rings. The third-order valence-corrected chi connectivity index (χ3v) is 15.3. The summed E-state index contributed by atoms with van der Waals surface area (Å²) in [4.78, 5) is 8.91. The van der Waals surface area contributed by atoms with Crippen LogP contribution in [0.4, 0.5) is 0 Å². The van der Waals surface area contributed by atoms with Gasteiger partial charge in [-0.3, -0.25) is 9.97 Å². The fourth-order valence-electron chi connectivity index (χ4n) is 8.29. The molecule has 0 spiro atoms. The molecule has 0 aliphatic heterocycles. The predicted octanol–water partition coefficient (Wildman–Crippen LogP) is 8.05. The molecule has 4 nitrogen and oxygen atoms in total. The highest BCUT2D eigenvalue weighted by Gasteiger charge is 2.41. The second kappa shape index (κ2) is 11.8. The molecule has 10 rings (SSSR count). The van der Waals surface area contributed by atoms with Crippen LogP contribution in [-0.2, 0) is 0 Å². The summed E-state index contributed by atoms with van der Waals surface area (Å²) in [7, 11) is -2.77. The van der Waals surface area contributed by atoms with Crippen molar-refractivity contribution in [2.24, 2.45) is 0 Å². The second-order valence-corrected chi connectivity index (χ2v) is 16.9. The molecule has 0 N–H and O–H groups in total. The summed E-state index contributed by atoms with van der Waals surface area (Å²) in [6.07, 6.45) is 7.72. The van der Waals surface area contributed by atoms with Crippen LogP contribution in [-0.4, -0.2) is 27.2 Å². The summed E-state index contributed by atoms with van der Waals surface area (Å²) in [6, 6.07) is 62.4. The Kier molecular flexibility index (Phi) is 6.79. The van der Waals surface area contributed by atoms with Gasteiger partial charge < -0.3 is 9.13 Å². The normalized spacial score (nSPS) is 11.9. The van der Waals surface area contributed by atoms with Gasteiger partial charge in [0, 0.05) is 57.7 Å². The van der Waals surface area contributed by atoms with E-state index in [1.165, 1.54) is 42.6 Å². The number of hydrogen-bond acceptors (Lipinski definition) is 2. The number of benzene rings is 6. The van der Waals surface area contributed by atoms with Gasteiger partial charge in [-0.05, 0) is 69.3 Å². The van der Waals surface area contributed by atoms with Crippen molar-refractivity contribution in [2.45, 2.75) is 0 Å². The van der Waals surface area contributed by atoms with Gasteiger partial charge in [-0.1, -0.05) is 121 Å². The van der Waals surface area contributed by atoms with Crippen LogP contribution in [0.25, 0.3) is 55.0 Å². The van der Waals surface area contributed by atoms with E-state index in [9.17, 15) is 0 Å². The van der Waals surface area contributed by atoms with E-state index in [0.717, 1.165) is 33.2 Å². The maximum Gasteiger partial charge on any atom is 0.179 e. The highest BCUT2D eigenvalue weighted by atomic mass is 28.3. The molecule has 240 valence electrons. The van der Waals surface area contributed by atoms with Crippen molar-refractivity contribution in [3.63, 3.8) is 0 Å². The molecule has 0 aliphatic carbocycles. The van der Waals surface area contributed by atoms with Gasteiger partial charge in [0.25, 0.3) is 0 Å². The number of hydrogen-bond donors (Lipinski definition) is 0. The third-order valence-electron chi connectivity index (χ3n) is 10.5. The molecule has 0 radical (unpaired) electrons. The first kappa shape index (κ1) is 29.4. The molecule has 0 saturated heterocycles. The lowest BCUT2D eigenvalue weighted by molar-refractivity contribution is 1.18. The van der Waals surface area contributed by atoms with Crippen LogP contribution in [0.15, 0.2) is 195 Å². The first-order valence-electron chi connectivity index (χ1n) is 17.3. The molecule has 4 heterocycles. The maximum atomic E-state index is 4.46. The lowest BCUT2D eigenvalue weighted by Crippen LogP contribution is -2.74. The van der Waals surface area contributed by atoms with Gasteiger partial charge in [0.2, 0.25) is 0 Å². The highest BCUT2D eigenvalue weighted by molar-refractivity contribution is 7.19. The Morgan fingerprint density at radius 1 is 0.314 bits per heavy atom. The fraction of sp³-hybridized carbons (Fsp3) is 0. The van der Waals surface area contributed by atoms with Crippen LogP contribution in [0, 0.1) is 0 Å². The number of fused-ring (bicyclic) bond motifs is 6. The van der Waals surface area contributed by atoms with E-state index in [2.05, 4.69) is 189 Å². The lowest BCUT2D eigenvalue weighted by atomic mass is 10.2. The molecular formula is C46H32N4Si. The van der Waals surface area contributed by atoms with Crippen molar-refractivity contribution >= 4 is 72.4 Å². The largest absolute Gasteiger partial charge is 0.309 e. The summed E-state index contributed by atoms with van der Waals surface area (Å²) in [5, 5.41) is 10.1. The predicted molar refractivity (Wildman–Crippen MR) is 214 cm³/mol. The minimum absolute atomic E-state index is 1.14. The zero-order chi connectivity index (χ0) is 33.8. The SMILES string of the molecule is c1ccc([Si](c2ccccc2)(c2ccc(-n3c4ccccc4c4cnccc43)cc2)c2ccc(-n3c4ccccc4c4cnccc43)cc2)cc1. The zero-order valence-corrected chi connectivity index (χ0v) is 28.8.